The highest BCUT2D eigenvalue weighted by molar-refractivity contribution is 7.91. The number of carbonyl (C=O) groups excluding carboxylic acids is 2. The fourth-order valence-corrected chi connectivity index (χ4v) is 5.42. The third kappa shape index (κ3) is 4.44. The molecule has 0 spiro atoms. The molecule has 1 amide bonds. The first-order chi connectivity index (χ1) is 17.3. The van der Waals surface area contributed by atoms with Crippen molar-refractivity contribution in [3.63, 3.8) is 0 Å². The lowest BCUT2D eigenvalue weighted by molar-refractivity contribution is -0.189. The van der Waals surface area contributed by atoms with Crippen LogP contribution < -0.4 is 10.5 Å². The minimum atomic E-state index is -5.33. The van der Waals surface area contributed by atoms with Crippen molar-refractivity contribution in [3.05, 3.63) is 83.9 Å². The number of hydrogen-bond donors (Lipinski definition) is 1. The highest BCUT2D eigenvalue weighted by Gasteiger charge is 2.54. The Morgan fingerprint density at radius 3 is 2.14 bits per heavy atom. The minimum absolute atomic E-state index is 0.163. The number of likely N-dealkylation sites (N-methyl/N-ethyl adjacent to an activating group) is 1. The van der Waals surface area contributed by atoms with Crippen LogP contribution in [0, 0.1) is 0 Å². The molecule has 3 aromatic carbocycles. The molecular weight excluding hydrogens is 511 g/mol. The number of nitrogens with two attached hydrogens (primary N) is 1. The number of esters is 1. The Kier molecular flexibility index (Phi) is 6.32. The van der Waals surface area contributed by atoms with Gasteiger partial charge in [0.2, 0.25) is 0 Å². The second kappa shape index (κ2) is 9.04. The normalized spacial score (nSPS) is 18.0. The van der Waals surface area contributed by atoms with Crippen LogP contribution in [-0.4, -0.2) is 50.6 Å². The number of benzene rings is 3. The lowest BCUT2D eigenvalue weighted by Gasteiger charge is -2.30. The molecule has 0 fully saturated rings. The number of halogens is 3. The number of alkyl halides is 3. The Balaban J connectivity index is 2.11. The molecule has 0 saturated heterocycles. The van der Waals surface area contributed by atoms with Gasteiger partial charge in [0.1, 0.15) is 5.75 Å². The maximum atomic E-state index is 13.8. The summed E-state index contributed by atoms with van der Waals surface area (Å²) in [6.07, 6.45) is -4.39. The number of rotatable bonds is 5. The molecule has 1 heterocycles. The first-order valence-electron chi connectivity index (χ1n) is 10.7. The van der Waals surface area contributed by atoms with E-state index in [1.54, 1.807) is 30.3 Å². The van der Waals surface area contributed by atoms with Crippen LogP contribution in [0.2, 0.25) is 0 Å². The van der Waals surface area contributed by atoms with Gasteiger partial charge >= 0.3 is 12.1 Å². The number of guanidine groups is 1. The van der Waals surface area contributed by atoms with E-state index in [-0.39, 0.29) is 27.5 Å². The summed E-state index contributed by atoms with van der Waals surface area (Å²) in [7, 11) is -2.80. The van der Waals surface area contributed by atoms with Gasteiger partial charge in [-0.05, 0) is 11.6 Å². The molecule has 0 radical (unpaired) electrons. The van der Waals surface area contributed by atoms with Gasteiger partial charge in [-0.1, -0.05) is 66.7 Å². The highest BCUT2D eigenvalue weighted by atomic mass is 32.2. The van der Waals surface area contributed by atoms with Crippen LogP contribution in [0.5, 0.6) is 5.75 Å². The average Bonchev–Trinajstić information content (AvgIpc) is 3.08. The number of hydrogen-bond acceptors (Lipinski definition) is 7. The summed E-state index contributed by atoms with van der Waals surface area (Å²) in [5.74, 6) is -4.32. The van der Waals surface area contributed by atoms with Crippen LogP contribution in [0.15, 0.2) is 82.7 Å². The topological polar surface area (TPSA) is 119 Å². The molecule has 1 aliphatic rings. The highest BCUT2D eigenvalue weighted by Crippen LogP contribution is 2.47. The third-order valence-electron chi connectivity index (χ3n) is 5.81. The molecular formula is C25H20F3N3O5S. The van der Waals surface area contributed by atoms with Gasteiger partial charge in [0, 0.05) is 30.0 Å². The van der Waals surface area contributed by atoms with E-state index in [9.17, 15) is 31.2 Å². The van der Waals surface area contributed by atoms with Gasteiger partial charge in [0.15, 0.2) is 21.3 Å². The molecule has 2 N–H and O–H groups in total. The Morgan fingerprint density at radius 2 is 1.57 bits per heavy atom. The van der Waals surface area contributed by atoms with Crippen molar-refractivity contribution in [3.8, 4) is 16.9 Å². The number of aliphatic imine (C=N–C) groups is 1. The summed E-state index contributed by atoms with van der Waals surface area (Å²) >= 11 is 0. The van der Waals surface area contributed by atoms with Gasteiger partial charge in [0.05, 0.1) is 4.90 Å². The average molecular weight is 532 g/mol. The molecule has 37 heavy (non-hydrogen) atoms. The molecule has 192 valence electrons. The summed E-state index contributed by atoms with van der Waals surface area (Å²) in [5, 5.41) is 0. The fraction of sp³-hybridized carbons (Fsp3) is 0.160. The SMILES string of the molecule is CN1C(=O)C(c2ccccc2OC(=O)C(F)(F)F)(c2cccc(-c3ccccc3)c2S(C)(=O)=O)N=C1N. The predicted octanol–water partition coefficient (Wildman–Crippen LogP) is 3.26. The molecule has 0 aromatic heterocycles. The first-order valence-corrected chi connectivity index (χ1v) is 12.6. The molecule has 4 rings (SSSR count). The number of nitrogens with zero attached hydrogens (tertiary/aromatic N) is 2. The molecule has 8 nitrogen and oxygen atoms in total. The van der Waals surface area contributed by atoms with Gasteiger partial charge < -0.3 is 10.5 Å². The van der Waals surface area contributed by atoms with Crippen molar-refractivity contribution in [2.24, 2.45) is 10.7 Å². The van der Waals surface area contributed by atoms with E-state index in [2.05, 4.69) is 9.73 Å². The fourth-order valence-electron chi connectivity index (χ4n) is 4.22. The zero-order chi connectivity index (χ0) is 27.2. The lowest BCUT2D eigenvalue weighted by atomic mass is 9.81. The van der Waals surface area contributed by atoms with E-state index in [0.29, 0.717) is 5.56 Å². The van der Waals surface area contributed by atoms with E-state index < -0.39 is 39.2 Å². The maximum Gasteiger partial charge on any atom is 0.491 e. The van der Waals surface area contributed by atoms with Gasteiger partial charge in [-0.15, -0.1) is 0 Å². The Bertz CT molecular complexity index is 1540. The molecule has 1 aliphatic heterocycles. The summed E-state index contributed by atoms with van der Waals surface area (Å²) in [6, 6.07) is 17.8. The van der Waals surface area contributed by atoms with E-state index in [4.69, 9.17) is 5.73 Å². The minimum Gasteiger partial charge on any atom is -0.419 e. The molecule has 0 saturated carbocycles. The number of amides is 1. The van der Waals surface area contributed by atoms with Crippen LogP contribution in [0.4, 0.5) is 13.2 Å². The number of carbonyl (C=O) groups is 2. The lowest BCUT2D eigenvalue weighted by Crippen LogP contribution is -2.42. The van der Waals surface area contributed by atoms with Gasteiger partial charge in [-0.25, -0.2) is 18.2 Å². The molecule has 0 bridgehead atoms. The van der Waals surface area contributed by atoms with Crippen molar-refractivity contribution in [2.75, 3.05) is 13.3 Å². The molecule has 12 heteroatoms. The molecule has 3 aromatic rings. The molecule has 0 aliphatic carbocycles. The van der Waals surface area contributed by atoms with E-state index in [0.717, 1.165) is 17.2 Å². The zero-order valence-electron chi connectivity index (χ0n) is 19.5. The second-order valence-electron chi connectivity index (χ2n) is 8.25. The van der Waals surface area contributed by atoms with Crippen LogP contribution in [0.25, 0.3) is 11.1 Å². The Morgan fingerprint density at radius 1 is 0.973 bits per heavy atom. The summed E-state index contributed by atoms with van der Waals surface area (Å²) in [4.78, 5) is 30.5. The van der Waals surface area contributed by atoms with Crippen LogP contribution >= 0.6 is 0 Å². The summed E-state index contributed by atoms with van der Waals surface area (Å²) in [5.41, 5.74) is 3.98. The quantitative estimate of drug-likeness (QED) is 0.399. The predicted molar refractivity (Wildman–Crippen MR) is 128 cm³/mol. The van der Waals surface area contributed by atoms with Crippen LogP contribution in [-0.2, 0) is 25.0 Å². The van der Waals surface area contributed by atoms with Crippen molar-refractivity contribution in [1.29, 1.82) is 0 Å². The van der Waals surface area contributed by atoms with Crippen molar-refractivity contribution < 1.29 is 35.9 Å². The van der Waals surface area contributed by atoms with E-state index >= 15 is 0 Å². The monoisotopic (exact) mass is 531 g/mol. The standard InChI is InChI=1S/C25H20F3N3O5S/c1-31-21(32)24(30-23(31)29,17-12-6-7-14-19(17)36-22(33)25(26,27)28)18-13-8-11-16(20(18)37(2,34)35)15-9-4-3-5-10-15/h3-14H,1-2H3,(H2,29,30). The van der Waals surface area contributed by atoms with Gasteiger partial charge in [-0.2, -0.15) is 13.2 Å². The van der Waals surface area contributed by atoms with Gasteiger partial charge in [0.25, 0.3) is 5.91 Å². The first kappa shape index (κ1) is 25.9. The Hall–Kier alpha value is -4.19. The smallest absolute Gasteiger partial charge is 0.419 e. The van der Waals surface area contributed by atoms with Crippen molar-refractivity contribution in [1.82, 2.24) is 4.90 Å². The summed E-state index contributed by atoms with van der Waals surface area (Å²) < 4.78 is 70.2. The largest absolute Gasteiger partial charge is 0.491 e. The Labute approximate surface area is 210 Å². The van der Waals surface area contributed by atoms with Crippen molar-refractivity contribution >= 4 is 27.7 Å². The zero-order valence-corrected chi connectivity index (χ0v) is 20.3. The third-order valence-corrected chi connectivity index (χ3v) is 6.99. The molecule has 1 unspecified atom stereocenters. The summed E-state index contributed by atoms with van der Waals surface area (Å²) in [6.45, 7) is 0. The van der Waals surface area contributed by atoms with E-state index in [1.807, 2.05) is 0 Å². The number of ether oxygens (including phenoxy) is 1. The number of para-hydroxylation sites is 1. The van der Waals surface area contributed by atoms with Crippen molar-refractivity contribution in [2.45, 2.75) is 16.6 Å². The van der Waals surface area contributed by atoms with Crippen LogP contribution in [0.1, 0.15) is 11.1 Å². The van der Waals surface area contributed by atoms with E-state index in [1.165, 1.54) is 43.4 Å². The number of sulfone groups is 1. The van der Waals surface area contributed by atoms with Crippen LogP contribution in [0.3, 0.4) is 0 Å². The second-order valence-corrected chi connectivity index (χ2v) is 10.2. The maximum absolute atomic E-state index is 13.8. The molecule has 1 atom stereocenters. The van der Waals surface area contributed by atoms with Gasteiger partial charge in [-0.3, -0.25) is 9.69 Å².